The van der Waals surface area contributed by atoms with Gasteiger partial charge in [0.25, 0.3) is 0 Å². The Hall–Kier alpha value is -1.63. The smallest absolute Gasteiger partial charge is 0.414 e. The Bertz CT molecular complexity index is 389. The second-order valence-electron chi connectivity index (χ2n) is 3.42. The van der Waals surface area contributed by atoms with Crippen molar-refractivity contribution in [2.24, 2.45) is 0 Å². The van der Waals surface area contributed by atoms with Crippen LogP contribution in [-0.4, -0.2) is 31.8 Å². The molecule has 1 N–H and O–H groups in total. The molecule has 0 bridgehead atoms. The summed E-state index contributed by atoms with van der Waals surface area (Å²) in [5.74, 6) is -0.256. The Morgan fingerprint density at radius 2 is 2.60 bits per heavy atom. The molecule has 0 saturated carbocycles. The van der Waals surface area contributed by atoms with Crippen LogP contribution in [0.4, 0.5) is 5.82 Å². The van der Waals surface area contributed by atoms with Crippen molar-refractivity contribution >= 4 is 5.82 Å². The largest absolute Gasteiger partial charge is 0.440 e. The lowest BCUT2D eigenvalue weighted by atomic mass is 10.1. The third-order valence-corrected chi connectivity index (χ3v) is 2.39. The fourth-order valence-corrected chi connectivity index (χ4v) is 1.59. The Morgan fingerprint density at radius 3 is 3.20 bits per heavy atom. The van der Waals surface area contributed by atoms with Gasteiger partial charge in [0, 0.05) is 4.98 Å². The number of rotatable bonds is 2. The second kappa shape index (κ2) is 3.50. The molecule has 0 aliphatic carbocycles. The molecular weight excluding hydrogens is 202 g/mol. The molecule has 7 nitrogen and oxygen atoms in total. The maximum atomic E-state index is 10.5. The van der Waals surface area contributed by atoms with Crippen molar-refractivity contribution in [2.75, 3.05) is 0 Å². The summed E-state index contributed by atoms with van der Waals surface area (Å²) in [6.45, 7) is 2.16. The lowest BCUT2D eigenvalue weighted by molar-refractivity contribution is -0.389. The van der Waals surface area contributed by atoms with Crippen LogP contribution in [0.2, 0.25) is 0 Å². The molecule has 0 saturated heterocycles. The van der Waals surface area contributed by atoms with Crippen LogP contribution >= 0.6 is 0 Å². The Kier molecular flexibility index (Phi) is 2.31. The number of aliphatic hydroxyl groups excluding tert-OH is 1. The number of hydrogen-bond donors (Lipinski definition) is 1. The van der Waals surface area contributed by atoms with Crippen LogP contribution in [0.1, 0.15) is 13.3 Å². The number of imidazole rings is 1. The average Bonchev–Trinajstić information content (AvgIpc) is 2.59. The molecule has 2 rings (SSSR count). The summed E-state index contributed by atoms with van der Waals surface area (Å²) >= 11 is 0. The standard InChI is InChI=1S/C8H11N3O4/c1-2-6-5(12)3-10-4-7(11(13)14)9-8(10)15-6/h4-6,12H,2-3H2,1H3/t5-,6+/m1/s1. The minimum atomic E-state index is -0.642. The first-order valence-corrected chi connectivity index (χ1v) is 4.68. The number of hydrogen-bond acceptors (Lipinski definition) is 5. The van der Waals surface area contributed by atoms with Crippen LogP contribution < -0.4 is 4.74 Å². The van der Waals surface area contributed by atoms with E-state index in [0.717, 1.165) is 0 Å². The van der Waals surface area contributed by atoms with Crippen molar-refractivity contribution in [1.29, 1.82) is 0 Å². The summed E-state index contributed by atoms with van der Waals surface area (Å²) in [5.41, 5.74) is 0. The van der Waals surface area contributed by atoms with Gasteiger partial charge in [-0.3, -0.25) is 4.57 Å². The van der Waals surface area contributed by atoms with E-state index in [1.54, 1.807) is 0 Å². The van der Waals surface area contributed by atoms with Crippen LogP contribution in [0, 0.1) is 10.1 Å². The zero-order valence-electron chi connectivity index (χ0n) is 8.16. The highest BCUT2D eigenvalue weighted by Gasteiger charge is 2.32. The summed E-state index contributed by atoms with van der Waals surface area (Å²) in [6.07, 6.45) is 0.933. The maximum Gasteiger partial charge on any atom is 0.414 e. The summed E-state index contributed by atoms with van der Waals surface area (Å²) in [7, 11) is 0. The van der Waals surface area contributed by atoms with Crippen LogP contribution in [0.3, 0.4) is 0 Å². The lowest BCUT2D eigenvalue weighted by Gasteiger charge is -2.26. The van der Waals surface area contributed by atoms with E-state index in [2.05, 4.69) is 4.98 Å². The van der Waals surface area contributed by atoms with Gasteiger partial charge >= 0.3 is 11.8 Å². The van der Waals surface area contributed by atoms with Gasteiger partial charge in [-0.15, -0.1) is 0 Å². The quantitative estimate of drug-likeness (QED) is 0.564. The van der Waals surface area contributed by atoms with E-state index in [1.165, 1.54) is 10.8 Å². The Labute approximate surface area is 85.4 Å². The summed E-state index contributed by atoms with van der Waals surface area (Å²) in [5, 5.41) is 20.1. The topological polar surface area (TPSA) is 90.4 Å². The molecule has 1 aliphatic heterocycles. The molecule has 0 radical (unpaired) electrons. The third kappa shape index (κ3) is 1.65. The SMILES string of the molecule is CC[C@@H]1Oc2nc([N+](=O)[O-])cn2C[C@H]1O. The normalized spacial score (nSPS) is 24.4. The van der Waals surface area contributed by atoms with E-state index < -0.39 is 11.0 Å². The minimum absolute atomic E-state index is 0.207. The van der Waals surface area contributed by atoms with Crippen molar-refractivity contribution in [1.82, 2.24) is 9.55 Å². The minimum Gasteiger partial charge on any atom is -0.440 e. The molecule has 2 atom stereocenters. The first-order chi connectivity index (χ1) is 7.11. The summed E-state index contributed by atoms with van der Waals surface area (Å²) < 4.78 is 6.77. The summed E-state index contributed by atoms with van der Waals surface area (Å²) in [4.78, 5) is 13.6. The van der Waals surface area contributed by atoms with Crippen LogP contribution in [0.25, 0.3) is 0 Å². The molecule has 15 heavy (non-hydrogen) atoms. The van der Waals surface area contributed by atoms with Gasteiger partial charge in [0.05, 0.1) is 6.54 Å². The van der Waals surface area contributed by atoms with E-state index in [1.807, 2.05) is 6.92 Å². The molecule has 0 spiro atoms. The van der Waals surface area contributed by atoms with Gasteiger partial charge in [-0.05, 0) is 11.3 Å². The van der Waals surface area contributed by atoms with Crippen LogP contribution in [-0.2, 0) is 6.54 Å². The average molecular weight is 213 g/mol. The number of nitrogens with zero attached hydrogens (tertiary/aromatic N) is 3. The van der Waals surface area contributed by atoms with E-state index in [-0.39, 0.29) is 24.5 Å². The van der Waals surface area contributed by atoms with Gasteiger partial charge in [0.2, 0.25) is 0 Å². The fraction of sp³-hybridized carbons (Fsp3) is 0.625. The van der Waals surface area contributed by atoms with Crippen molar-refractivity contribution in [3.05, 3.63) is 16.3 Å². The number of aromatic nitrogens is 2. The molecule has 0 amide bonds. The van der Waals surface area contributed by atoms with Gasteiger partial charge in [0.15, 0.2) is 0 Å². The van der Waals surface area contributed by atoms with Crippen molar-refractivity contribution in [3.8, 4) is 6.01 Å². The predicted octanol–water partition coefficient (Wildman–Crippen LogP) is 0.323. The maximum absolute atomic E-state index is 10.5. The monoisotopic (exact) mass is 213 g/mol. The van der Waals surface area contributed by atoms with Gasteiger partial charge in [0.1, 0.15) is 18.4 Å². The number of ether oxygens (including phenoxy) is 1. The first kappa shape index (κ1) is 9.91. The van der Waals surface area contributed by atoms with Crippen LogP contribution in [0.15, 0.2) is 6.20 Å². The zero-order valence-corrected chi connectivity index (χ0v) is 8.16. The molecule has 1 aromatic rings. The number of nitro groups is 1. The molecule has 0 aromatic carbocycles. The zero-order chi connectivity index (χ0) is 11.0. The fourth-order valence-electron chi connectivity index (χ4n) is 1.59. The van der Waals surface area contributed by atoms with E-state index in [4.69, 9.17) is 4.74 Å². The third-order valence-electron chi connectivity index (χ3n) is 2.39. The molecule has 82 valence electrons. The molecular formula is C8H11N3O4. The number of fused-ring (bicyclic) bond motifs is 1. The lowest BCUT2D eigenvalue weighted by Crippen LogP contribution is -2.39. The first-order valence-electron chi connectivity index (χ1n) is 4.68. The van der Waals surface area contributed by atoms with Gasteiger partial charge in [-0.25, -0.2) is 0 Å². The molecule has 1 aromatic heterocycles. The Balaban J connectivity index is 2.29. The van der Waals surface area contributed by atoms with Gasteiger partial charge in [-0.1, -0.05) is 6.92 Å². The highest BCUT2D eigenvalue weighted by molar-refractivity contribution is 5.21. The highest BCUT2D eigenvalue weighted by Crippen LogP contribution is 2.25. The predicted molar refractivity (Wildman–Crippen MR) is 49.6 cm³/mol. The molecule has 0 unspecified atom stereocenters. The van der Waals surface area contributed by atoms with Crippen molar-refractivity contribution in [2.45, 2.75) is 32.1 Å². The number of aliphatic hydroxyl groups is 1. The van der Waals surface area contributed by atoms with Crippen molar-refractivity contribution < 1.29 is 14.8 Å². The molecule has 1 aliphatic rings. The second-order valence-corrected chi connectivity index (χ2v) is 3.42. The van der Waals surface area contributed by atoms with E-state index in [9.17, 15) is 15.2 Å². The molecule has 2 heterocycles. The van der Waals surface area contributed by atoms with E-state index in [0.29, 0.717) is 6.42 Å². The summed E-state index contributed by atoms with van der Waals surface area (Å²) in [6, 6.07) is 0.207. The Morgan fingerprint density at radius 1 is 1.87 bits per heavy atom. The van der Waals surface area contributed by atoms with Crippen molar-refractivity contribution in [3.63, 3.8) is 0 Å². The van der Waals surface area contributed by atoms with Gasteiger partial charge < -0.3 is 20.0 Å². The molecule has 0 fully saturated rings. The molecule has 7 heteroatoms. The van der Waals surface area contributed by atoms with Crippen LogP contribution in [0.5, 0.6) is 6.01 Å². The highest BCUT2D eigenvalue weighted by atomic mass is 16.6. The van der Waals surface area contributed by atoms with E-state index >= 15 is 0 Å². The van der Waals surface area contributed by atoms with Gasteiger partial charge in [-0.2, -0.15) is 0 Å².